The maximum atomic E-state index is 13.9. The molecule has 39 heavy (non-hydrogen) atoms. The molecule has 3 amide bonds. The van der Waals surface area contributed by atoms with Crippen LogP contribution >= 0.6 is 34.7 Å². The molecule has 1 aromatic heterocycles. The van der Waals surface area contributed by atoms with E-state index in [-0.39, 0.29) is 29.1 Å². The molecule has 1 fully saturated rings. The molecular formula is C29H22ClN3O4S2. The van der Waals surface area contributed by atoms with E-state index in [0.717, 1.165) is 22.5 Å². The first-order valence-corrected chi connectivity index (χ1v) is 14.3. The quantitative estimate of drug-likeness (QED) is 0.326. The number of rotatable bonds is 5. The summed E-state index contributed by atoms with van der Waals surface area (Å²) in [4.78, 5) is 55.4. The van der Waals surface area contributed by atoms with Crippen molar-refractivity contribution in [3.8, 4) is 0 Å². The SMILES string of the molecule is Cc1ccc(N2C(=O)[C@@H]3[C@H](c4ccccc4)c4sc(=O)n(CC(=O)Nc5ccc(Cl)cc5)c4S[C@@H]3C2=O)cc1. The lowest BCUT2D eigenvalue weighted by Gasteiger charge is -2.30. The molecule has 3 atom stereocenters. The van der Waals surface area contributed by atoms with Crippen LogP contribution in [0.5, 0.6) is 0 Å². The van der Waals surface area contributed by atoms with Gasteiger partial charge in [-0.1, -0.05) is 82.7 Å². The van der Waals surface area contributed by atoms with E-state index in [4.69, 9.17) is 11.6 Å². The van der Waals surface area contributed by atoms with Crippen molar-refractivity contribution in [2.24, 2.45) is 5.92 Å². The Morgan fingerprint density at radius 3 is 2.31 bits per heavy atom. The minimum atomic E-state index is -0.726. The fourth-order valence-electron chi connectivity index (χ4n) is 5.10. The van der Waals surface area contributed by atoms with Crippen molar-refractivity contribution < 1.29 is 14.4 Å². The van der Waals surface area contributed by atoms with Crippen LogP contribution in [0, 0.1) is 12.8 Å². The summed E-state index contributed by atoms with van der Waals surface area (Å²) in [5, 5.41) is 3.16. The minimum absolute atomic E-state index is 0.219. The van der Waals surface area contributed by atoms with E-state index in [1.807, 2.05) is 49.4 Å². The van der Waals surface area contributed by atoms with E-state index in [9.17, 15) is 19.2 Å². The Bertz CT molecular complexity index is 1650. The molecule has 3 aromatic carbocycles. The number of carbonyl (C=O) groups is 3. The van der Waals surface area contributed by atoms with Crippen molar-refractivity contribution in [1.29, 1.82) is 0 Å². The van der Waals surface area contributed by atoms with Crippen molar-refractivity contribution >= 4 is 63.8 Å². The van der Waals surface area contributed by atoms with E-state index in [0.29, 0.717) is 26.3 Å². The van der Waals surface area contributed by atoms with Crippen molar-refractivity contribution in [3.63, 3.8) is 0 Å². The maximum Gasteiger partial charge on any atom is 0.308 e. The number of hydrogen-bond acceptors (Lipinski definition) is 6. The smallest absolute Gasteiger partial charge is 0.308 e. The van der Waals surface area contributed by atoms with Crippen molar-refractivity contribution in [2.45, 2.75) is 29.7 Å². The molecule has 0 spiro atoms. The number of nitrogens with one attached hydrogen (secondary N) is 1. The average molecular weight is 576 g/mol. The summed E-state index contributed by atoms with van der Waals surface area (Å²) in [6.07, 6.45) is 0. The van der Waals surface area contributed by atoms with Crippen LogP contribution in [0.2, 0.25) is 5.02 Å². The minimum Gasteiger partial charge on any atom is -0.325 e. The second-order valence-electron chi connectivity index (χ2n) is 9.48. The molecule has 3 heterocycles. The Balaban J connectivity index is 1.39. The van der Waals surface area contributed by atoms with Crippen LogP contribution in [0.15, 0.2) is 88.7 Å². The number of anilines is 2. The van der Waals surface area contributed by atoms with Crippen LogP contribution in [-0.2, 0) is 20.9 Å². The van der Waals surface area contributed by atoms with Gasteiger partial charge in [0.05, 0.1) is 16.6 Å². The molecule has 0 bridgehead atoms. The van der Waals surface area contributed by atoms with Crippen LogP contribution < -0.4 is 15.1 Å². The summed E-state index contributed by atoms with van der Waals surface area (Å²) in [5.74, 6) is -2.14. The zero-order valence-corrected chi connectivity index (χ0v) is 23.1. The topological polar surface area (TPSA) is 88.5 Å². The molecular weight excluding hydrogens is 554 g/mol. The van der Waals surface area contributed by atoms with Gasteiger partial charge in [0, 0.05) is 21.5 Å². The lowest BCUT2D eigenvalue weighted by Crippen LogP contribution is -2.33. The van der Waals surface area contributed by atoms with Crippen LogP contribution in [0.25, 0.3) is 0 Å². The summed E-state index contributed by atoms with van der Waals surface area (Å²) in [6.45, 7) is 1.72. The number of aromatic nitrogens is 1. The first-order valence-electron chi connectivity index (χ1n) is 12.3. The highest BCUT2D eigenvalue weighted by Crippen LogP contribution is 2.53. The Hall–Kier alpha value is -3.66. The summed E-state index contributed by atoms with van der Waals surface area (Å²) in [5.41, 5.74) is 2.96. The van der Waals surface area contributed by atoms with Gasteiger partial charge in [-0.2, -0.15) is 0 Å². The number of fused-ring (bicyclic) bond motifs is 2. The molecule has 1 saturated heterocycles. The van der Waals surface area contributed by atoms with Gasteiger partial charge < -0.3 is 5.32 Å². The van der Waals surface area contributed by atoms with Gasteiger partial charge in [0.1, 0.15) is 11.8 Å². The molecule has 2 aliphatic rings. The molecule has 0 unspecified atom stereocenters. The highest BCUT2D eigenvalue weighted by molar-refractivity contribution is 8.00. The van der Waals surface area contributed by atoms with Gasteiger partial charge in [0.2, 0.25) is 17.7 Å². The maximum absolute atomic E-state index is 13.9. The molecule has 4 aromatic rings. The number of halogens is 1. The molecule has 7 nitrogen and oxygen atoms in total. The molecule has 1 N–H and O–H groups in total. The van der Waals surface area contributed by atoms with Crippen molar-refractivity contribution in [1.82, 2.24) is 4.57 Å². The highest BCUT2D eigenvalue weighted by Gasteiger charge is 2.56. The number of aryl methyl sites for hydroxylation is 1. The predicted molar refractivity (Wildman–Crippen MR) is 154 cm³/mol. The summed E-state index contributed by atoms with van der Waals surface area (Å²) in [7, 11) is 0. The third-order valence-corrected chi connectivity index (χ3v) is 9.79. The highest BCUT2D eigenvalue weighted by atomic mass is 35.5. The molecule has 0 radical (unpaired) electrons. The normalized spacial score (nSPS) is 20.1. The van der Waals surface area contributed by atoms with Crippen LogP contribution in [0.1, 0.15) is 21.9 Å². The second-order valence-corrected chi connectivity index (χ2v) is 12.0. The number of imide groups is 1. The lowest BCUT2D eigenvalue weighted by molar-refractivity contribution is -0.122. The van der Waals surface area contributed by atoms with Gasteiger partial charge in [-0.05, 0) is 48.9 Å². The molecule has 0 saturated carbocycles. The van der Waals surface area contributed by atoms with Gasteiger partial charge >= 0.3 is 4.87 Å². The molecule has 2 aliphatic heterocycles. The third kappa shape index (κ3) is 4.60. The second kappa shape index (κ2) is 10.1. The van der Waals surface area contributed by atoms with E-state index in [2.05, 4.69) is 5.32 Å². The number of carbonyl (C=O) groups excluding carboxylic acids is 3. The fourth-order valence-corrected chi connectivity index (χ4v) is 8.00. The first kappa shape index (κ1) is 25.6. The van der Waals surface area contributed by atoms with Crippen molar-refractivity contribution in [3.05, 3.63) is 110 Å². The number of nitrogens with zero attached hydrogens (tertiary/aromatic N) is 2. The zero-order chi connectivity index (χ0) is 27.3. The Morgan fingerprint density at radius 2 is 1.62 bits per heavy atom. The fraction of sp³-hybridized carbons (Fsp3) is 0.172. The zero-order valence-electron chi connectivity index (χ0n) is 20.7. The standard InChI is InChI=1S/C29H22ClN3O4S2/c1-16-7-13-20(14-8-16)33-26(35)23-22(17-5-3-2-4-6-17)25-28(38-24(23)27(33)36)32(29(37)39-25)15-21(34)31-19-11-9-18(30)10-12-19/h2-14,22-24H,15H2,1H3,(H,31,34)/t22-,23+,24-/m0/s1. The van der Waals surface area contributed by atoms with E-state index in [1.165, 1.54) is 21.2 Å². The number of benzene rings is 3. The van der Waals surface area contributed by atoms with Crippen LogP contribution in [-0.4, -0.2) is 27.5 Å². The van der Waals surface area contributed by atoms with Gasteiger partial charge in [0.25, 0.3) is 0 Å². The van der Waals surface area contributed by atoms with Gasteiger partial charge in [0.15, 0.2) is 0 Å². The molecule has 10 heteroatoms. The largest absolute Gasteiger partial charge is 0.325 e. The average Bonchev–Trinajstić information content (AvgIpc) is 3.37. The summed E-state index contributed by atoms with van der Waals surface area (Å²) < 4.78 is 1.41. The first-order chi connectivity index (χ1) is 18.8. The number of thiazole rings is 1. The van der Waals surface area contributed by atoms with Crippen LogP contribution in [0.4, 0.5) is 11.4 Å². The lowest BCUT2D eigenvalue weighted by atomic mass is 9.83. The van der Waals surface area contributed by atoms with Crippen LogP contribution in [0.3, 0.4) is 0 Å². The molecule has 6 rings (SSSR count). The van der Waals surface area contributed by atoms with Gasteiger partial charge in [-0.15, -0.1) is 0 Å². The Labute approximate surface area is 237 Å². The van der Waals surface area contributed by atoms with Gasteiger partial charge in [-0.25, -0.2) is 4.90 Å². The monoisotopic (exact) mass is 575 g/mol. The van der Waals surface area contributed by atoms with Gasteiger partial charge in [-0.3, -0.25) is 23.7 Å². The predicted octanol–water partition coefficient (Wildman–Crippen LogP) is 5.31. The summed E-state index contributed by atoms with van der Waals surface area (Å²) in [6, 6.07) is 23.4. The van der Waals surface area contributed by atoms with E-state index in [1.54, 1.807) is 36.4 Å². The third-order valence-electron chi connectivity index (χ3n) is 6.93. The summed E-state index contributed by atoms with van der Waals surface area (Å²) >= 11 is 8.17. The Morgan fingerprint density at radius 1 is 0.923 bits per heavy atom. The number of hydrogen-bond donors (Lipinski definition) is 1. The van der Waals surface area contributed by atoms with E-state index >= 15 is 0 Å². The molecule has 0 aliphatic carbocycles. The number of amides is 3. The van der Waals surface area contributed by atoms with E-state index < -0.39 is 17.1 Å². The Kier molecular flexibility index (Phi) is 6.66. The molecule has 196 valence electrons. The van der Waals surface area contributed by atoms with Crippen molar-refractivity contribution in [2.75, 3.05) is 10.2 Å². The number of thioether (sulfide) groups is 1.